The first-order chi connectivity index (χ1) is 4.88. The lowest BCUT2D eigenvalue weighted by Crippen LogP contribution is -2.28. The number of nitrogens with zero attached hydrogens (tertiary/aromatic N) is 1. The molecule has 0 aromatic rings. The fourth-order valence-corrected chi connectivity index (χ4v) is 2.52. The van der Waals surface area contributed by atoms with Gasteiger partial charge >= 0.3 is 0 Å². The number of carbonyl (C=O) groups is 1. The van der Waals surface area contributed by atoms with Crippen LogP contribution >= 0.6 is 11.8 Å². The van der Waals surface area contributed by atoms with E-state index in [9.17, 15) is 4.79 Å². The van der Waals surface area contributed by atoms with E-state index in [-0.39, 0.29) is 5.25 Å². The lowest BCUT2D eigenvalue weighted by molar-refractivity contribution is -0.117. The van der Waals surface area contributed by atoms with E-state index in [1.807, 2.05) is 0 Å². The minimum Gasteiger partial charge on any atom is -0.298 e. The van der Waals surface area contributed by atoms with E-state index in [4.69, 9.17) is 0 Å². The van der Waals surface area contributed by atoms with Gasteiger partial charge in [-0.3, -0.25) is 9.79 Å². The number of aliphatic imine (C=N–C) groups is 1. The zero-order chi connectivity index (χ0) is 6.97. The molecule has 3 heteroatoms. The summed E-state index contributed by atoms with van der Waals surface area (Å²) in [4.78, 5) is 15.4. The van der Waals surface area contributed by atoms with Gasteiger partial charge in [-0.05, 0) is 12.8 Å². The van der Waals surface area contributed by atoms with Crippen LogP contribution in [-0.4, -0.2) is 22.6 Å². The third-order valence-electron chi connectivity index (χ3n) is 1.96. The van der Waals surface area contributed by atoms with Crippen molar-refractivity contribution < 1.29 is 4.79 Å². The molecule has 54 valence electrons. The van der Waals surface area contributed by atoms with Gasteiger partial charge in [-0.2, -0.15) is 0 Å². The first-order valence-corrected chi connectivity index (χ1v) is 4.60. The van der Waals surface area contributed by atoms with Crippen molar-refractivity contribution in [1.82, 2.24) is 0 Å². The minimum atomic E-state index is 0.161. The first kappa shape index (κ1) is 6.40. The molecular weight excluding hydrogens is 146 g/mol. The summed E-state index contributed by atoms with van der Waals surface area (Å²) >= 11 is 1.68. The van der Waals surface area contributed by atoms with Crippen molar-refractivity contribution in [1.29, 1.82) is 0 Å². The Labute approximate surface area is 64.1 Å². The maximum absolute atomic E-state index is 11.2. The molecule has 10 heavy (non-hydrogen) atoms. The standard InChI is InChI=1S/C7H9NOS/c9-6-3-1-2-5-7(6)10-4-8-5/h7H,1-4H2. The lowest BCUT2D eigenvalue weighted by Gasteiger charge is -2.15. The largest absolute Gasteiger partial charge is 0.298 e. The van der Waals surface area contributed by atoms with Crippen LogP contribution in [0, 0.1) is 0 Å². The normalized spacial score (nSPS) is 31.8. The maximum atomic E-state index is 11.2. The topological polar surface area (TPSA) is 29.4 Å². The summed E-state index contributed by atoms with van der Waals surface area (Å²) in [5, 5.41) is 0.161. The highest BCUT2D eigenvalue weighted by atomic mass is 32.2. The van der Waals surface area contributed by atoms with Crippen molar-refractivity contribution in [3.05, 3.63) is 0 Å². The summed E-state index contributed by atoms with van der Waals surface area (Å²) in [7, 11) is 0. The fourth-order valence-electron chi connectivity index (χ4n) is 1.44. The quantitative estimate of drug-likeness (QED) is 0.527. The molecule has 0 saturated heterocycles. The van der Waals surface area contributed by atoms with Crippen LogP contribution in [0.25, 0.3) is 0 Å². The molecule has 1 fully saturated rings. The second-order valence-corrected chi connectivity index (χ2v) is 3.71. The molecule has 0 aromatic carbocycles. The van der Waals surface area contributed by atoms with Gasteiger partial charge in [-0.15, -0.1) is 11.8 Å². The Kier molecular flexibility index (Phi) is 1.52. The van der Waals surface area contributed by atoms with Gasteiger partial charge in [-0.1, -0.05) is 0 Å². The summed E-state index contributed by atoms with van der Waals surface area (Å²) in [6, 6.07) is 0. The SMILES string of the molecule is O=C1CCCC2=NCSC12. The summed E-state index contributed by atoms with van der Waals surface area (Å²) in [5.41, 5.74) is 1.15. The number of Topliss-reactive ketones (excluding diaryl/α,β-unsaturated/α-hetero) is 1. The molecule has 2 rings (SSSR count). The predicted molar refractivity (Wildman–Crippen MR) is 42.5 cm³/mol. The van der Waals surface area contributed by atoms with E-state index in [0.717, 1.165) is 30.9 Å². The molecule has 0 radical (unpaired) electrons. The van der Waals surface area contributed by atoms with Gasteiger partial charge in [0.25, 0.3) is 0 Å². The summed E-state index contributed by atoms with van der Waals surface area (Å²) in [6.45, 7) is 0. The van der Waals surface area contributed by atoms with Crippen molar-refractivity contribution in [3.8, 4) is 0 Å². The van der Waals surface area contributed by atoms with Crippen LogP contribution in [0.5, 0.6) is 0 Å². The second-order valence-electron chi connectivity index (χ2n) is 2.65. The van der Waals surface area contributed by atoms with Crippen molar-refractivity contribution in [2.45, 2.75) is 24.5 Å². The molecule has 1 aliphatic carbocycles. The van der Waals surface area contributed by atoms with E-state index >= 15 is 0 Å². The fraction of sp³-hybridized carbons (Fsp3) is 0.714. The smallest absolute Gasteiger partial charge is 0.151 e. The highest BCUT2D eigenvalue weighted by Gasteiger charge is 2.31. The number of ketones is 1. The number of hydrogen-bond acceptors (Lipinski definition) is 3. The Balaban J connectivity index is 2.21. The Morgan fingerprint density at radius 3 is 3.20 bits per heavy atom. The van der Waals surface area contributed by atoms with E-state index < -0.39 is 0 Å². The highest BCUT2D eigenvalue weighted by Crippen LogP contribution is 2.28. The van der Waals surface area contributed by atoms with Gasteiger partial charge < -0.3 is 0 Å². The molecule has 0 amide bonds. The van der Waals surface area contributed by atoms with Gasteiger partial charge in [0, 0.05) is 12.1 Å². The van der Waals surface area contributed by atoms with Crippen molar-refractivity contribution in [2.75, 3.05) is 5.88 Å². The van der Waals surface area contributed by atoms with Crippen molar-refractivity contribution in [3.63, 3.8) is 0 Å². The molecule has 1 unspecified atom stereocenters. The van der Waals surface area contributed by atoms with Crippen LogP contribution in [0.4, 0.5) is 0 Å². The Bertz CT molecular complexity index is 200. The van der Waals surface area contributed by atoms with Crippen molar-refractivity contribution >= 4 is 23.3 Å². The molecule has 2 aliphatic rings. The lowest BCUT2D eigenvalue weighted by atomic mass is 9.97. The highest BCUT2D eigenvalue weighted by molar-refractivity contribution is 8.01. The molecule has 1 aliphatic heterocycles. The van der Waals surface area contributed by atoms with Gasteiger partial charge in [0.05, 0.1) is 5.88 Å². The van der Waals surface area contributed by atoms with Crippen molar-refractivity contribution in [2.24, 2.45) is 4.99 Å². The number of fused-ring (bicyclic) bond motifs is 1. The van der Waals surface area contributed by atoms with Crippen LogP contribution in [0.1, 0.15) is 19.3 Å². The third-order valence-corrected chi connectivity index (χ3v) is 3.11. The zero-order valence-electron chi connectivity index (χ0n) is 5.67. The average molecular weight is 155 g/mol. The van der Waals surface area contributed by atoms with Crippen LogP contribution < -0.4 is 0 Å². The Morgan fingerprint density at radius 1 is 1.50 bits per heavy atom. The third kappa shape index (κ3) is 0.888. The average Bonchev–Trinajstić information content (AvgIpc) is 2.36. The molecule has 1 atom stereocenters. The van der Waals surface area contributed by atoms with Gasteiger partial charge in [0.1, 0.15) is 5.25 Å². The predicted octanol–water partition coefficient (Wildman–Crippen LogP) is 1.25. The monoisotopic (exact) mass is 155 g/mol. The van der Waals surface area contributed by atoms with Crippen LogP contribution in [0.3, 0.4) is 0 Å². The van der Waals surface area contributed by atoms with Crippen LogP contribution in [0.15, 0.2) is 4.99 Å². The molecule has 0 bridgehead atoms. The summed E-state index contributed by atoms with van der Waals surface area (Å²) < 4.78 is 0. The van der Waals surface area contributed by atoms with E-state index in [1.165, 1.54) is 0 Å². The van der Waals surface area contributed by atoms with Gasteiger partial charge in [0.2, 0.25) is 0 Å². The summed E-state index contributed by atoms with van der Waals surface area (Å²) in [5.74, 6) is 1.21. The second kappa shape index (κ2) is 2.38. The maximum Gasteiger partial charge on any atom is 0.151 e. The Morgan fingerprint density at radius 2 is 2.40 bits per heavy atom. The van der Waals surface area contributed by atoms with Crippen LogP contribution in [0.2, 0.25) is 0 Å². The van der Waals surface area contributed by atoms with Crippen LogP contribution in [-0.2, 0) is 4.79 Å². The Hall–Kier alpha value is -0.310. The van der Waals surface area contributed by atoms with E-state index in [0.29, 0.717) is 5.78 Å². The summed E-state index contributed by atoms with van der Waals surface area (Å²) in [6.07, 6.45) is 2.86. The minimum absolute atomic E-state index is 0.161. The first-order valence-electron chi connectivity index (χ1n) is 3.55. The van der Waals surface area contributed by atoms with Gasteiger partial charge in [-0.25, -0.2) is 0 Å². The number of hydrogen-bond donors (Lipinski definition) is 0. The van der Waals surface area contributed by atoms with Gasteiger partial charge in [0.15, 0.2) is 5.78 Å². The molecule has 2 nitrogen and oxygen atoms in total. The number of carbonyl (C=O) groups excluding carboxylic acids is 1. The number of thioether (sulfide) groups is 1. The molecule has 1 saturated carbocycles. The zero-order valence-corrected chi connectivity index (χ0v) is 6.49. The number of rotatable bonds is 0. The molecule has 0 aromatic heterocycles. The van der Waals surface area contributed by atoms with E-state index in [2.05, 4.69) is 4.99 Å². The van der Waals surface area contributed by atoms with E-state index in [1.54, 1.807) is 11.8 Å². The molecule has 0 spiro atoms. The molecular formula is C7H9NOS. The molecule has 1 heterocycles. The molecule has 0 N–H and O–H groups in total.